The number of imidazole rings is 1. The summed E-state index contributed by atoms with van der Waals surface area (Å²) in [6.45, 7) is 0.722. The molecule has 0 N–H and O–H groups in total. The van der Waals surface area contributed by atoms with Gasteiger partial charge in [-0.25, -0.2) is 15.0 Å². The molecule has 0 saturated carbocycles. The van der Waals surface area contributed by atoms with Crippen molar-refractivity contribution in [3.05, 3.63) is 72.4 Å². The van der Waals surface area contributed by atoms with E-state index in [2.05, 4.69) is 15.0 Å². The van der Waals surface area contributed by atoms with Gasteiger partial charge in [-0.3, -0.25) is 9.20 Å². The summed E-state index contributed by atoms with van der Waals surface area (Å²) in [5.41, 5.74) is 2.22. The van der Waals surface area contributed by atoms with E-state index in [1.807, 2.05) is 64.2 Å². The molecule has 1 aliphatic rings. The minimum absolute atomic E-state index is 0.0320. The van der Waals surface area contributed by atoms with E-state index in [0.29, 0.717) is 11.5 Å². The van der Waals surface area contributed by atoms with Gasteiger partial charge in [0.05, 0.1) is 17.3 Å². The molecule has 1 aliphatic heterocycles. The van der Waals surface area contributed by atoms with Crippen LogP contribution in [0, 0.1) is 0 Å². The van der Waals surface area contributed by atoms with E-state index in [-0.39, 0.29) is 11.9 Å². The Kier molecular flexibility index (Phi) is 3.81. The first kappa shape index (κ1) is 15.9. The number of hydrogen-bond acceptors (Lipinski definition) is 4. The number of rotatable bonds is 2. The van der Waals surface area contributed by atoms with Crippen LogP contribution in [0.15, 0.2) is 61.1 Å². The summed E-state index contributed by atoms with van der Waals surface area (Å²) >= 11 is 0. The van der Waals surface area contributed by atoms with Crippen molar-refractivity contribution >= 4 is 22.6 Å². The van der Waals surface area contributed by atoms with Crippen LogP contribution in [0.3, 0.4) is 0 Å². The summed E-state index contributed by atoms with van der Waals surface area (Å²) in [6, 6.07) is 13.6. The van der Waals surface area contributed by atoms with Crippen LogP contribution in [0.4, 0.5) is 0 Å². The molecule has 5 rings (SSSR count). The molecule has 6 heteroatoms. The van der Waals surface area contributed by atoms with E-state index >= 15 is 0 Å². The highest BCUT2D eigenvalue weighted by Gasteiger charge is 2.30. The molecule has 0 radical (unpaired) electrons. The molecule has 0 bridgehead atoms. The fraction of sp³-hybridized carbons (Fsp3) is 0.238. The molecule has 1 saturated heterocycles. The molecule has 1 atom stereocenters. The lowest BCUT2D eigenvalue weighted by molar-refractivity contribution is 0.0600. The van der Waals surface area contributed by atoms with Crippen molar-refractivity contribution in [2.45, 2.75) is 25.3 Å². The van der Waals surface area contributed by atoms with Crippen molar-refractivity contribution in [1.82, 2.24) is 24.3 Å². The Balaban J connectivity index is 1.51. The zero-order valence-electron chi connectivity index (χ0n) is 14.8. The number of hydrogen-bond donors (Lipinski definition) is 0. The molecule has 1 aromatic carbocycles. The number of nitrogens with zero attached hydrogens (tertiary/aromatic N) is 5. The van der Waals surface area contributed by atoms with E-state index < -0.39 is 0 Å². The first-order valence-corrected chi connectivity index (χ1v) is 9.26. The molecule has 1 amide bonds. The Hall–Kier alpha value is -3.28. The van der Waals surface area contributed by atoms with Crippen LogP contribution in [0.5, 0.6) is 0 Å². The lowest BCUT2D eigenvalue weighted by atomic mass is 9.98. The number of piperidine rings is 1. The maximum atomic E-state index is 13.3. The number of carbonyl (C=O) groups is 1. The fourth-order valence-corrected chi connectivity index (χ4v) is 3.82. The van der Waals surface area contributed by atoms with Gasteiger partial charge in [-0.15, -0.1) is 0 Å². The third-order valence-electron chi connectivity index (χ3n) is 5.21. The average Bonchev–Trinajstić information content (AvgIpc) is 3.21. The number of carbonyl (C=O) groups excluding carboxylic acids is 1. The quantitative estimate of drug-likeness (QED) is 0.549. The Morgan fingerprint density at radius 2 is 1.93 bits per heavy atom. The fourth-order valence-electron chi connectivity index (χ4n) is 3.82. The van der Waals surface area contributed by atoms with Gasteiger partial charge < -0.3 is 4.90 Å². The Labute approximate surface area is 156 Å². The molecule has 134 valence electrons. The number of likely N-dealkylation sites (tertiary alicyclic amines) is 1. The molecule has 0 spiro atoms. The third kappa shape index (κ3) is 2.83. The predicted molar refractivity (Wildman–Crippen MR) is 102 cm³/mol. The highest BCUT2D eigenvalue weighted by atomic mass is 16.2. The largest absolute Gasteiger partial charge is 0.329 e. The standard InChI is InChI=1S/C21H19N5O/c27-20(18-9-8-15-5-1-2-6-16(15)23-18)26-12-4-3-7-19(26)17-10-13-25-14-11-22-21(25)24-17/h1-2,5-6,8-11,13-14,19H,3-4,7,12H2/t19-/m1/s1. The Morgan fingerprint density at radius 1 is 1.00 bits per heavy atom. The van der Waals surface area contributed by atoms with Crippen LogP contribution in [0.2, 0.25) is 0 Å². The number of benzene rings is 1. The van der Waals surface area contributed by atoms with Crippen LogP contribution in [0.25, 0.3) is 16.7 Å². The van der Waals surface area contributed by atoms with Gasteiger partial charge in [-0.1, -0.05) is 24.3 Å². The van der Waals surface area contributed by atoms with Gasteiger partial charge in [0.15, 0.2) is 0 Å². The molecular weight excluding hydrogens is 338 g/mol. The first-order chi connectivity index (χ1) is 13.3. The summed E-state index contributed by atoms with van der Waals surface area (Å²) in [5.74, 6) is 0.629. The molecule has 4 aromatic rings. The molecule has 0 unspecified atom stereocenters. The van der Waals surface area contributed by atoms with Crippen LogP contribution in [0.1, 0.15) is 41.5 Å². The summed E-state index contributed by atoms with van der Waals surface area (Å²) < 4.78 is 1.88. The predicted octanol–water partition coefficient (Wildman–Crippen LogP) is 3.64. The van der Waals surface area contributed by atoms with Crippen LogP contribution in [-0.4, -0.2) is 36.7 Å². The number of fused-ring (bicyclic) bond motifs is 2. The van der Waals surface area contributed by atoms with Gasteiger partial charge in [0.25, 0.3) is 5.91 Å². The smallest absolute Gasteiger partial charge is 0.273 e. The summed E-state index contributed by atoms with van der Waals surface area (Å²) in [4.78, 5) is 28.7. The monoisotopic (exact) mass is 357 g/mol. The van der Waals surface area contributed by atoms with Crippen LogP contribution < -0.4 is 0 Å². The van der Waals surface area contributed by atoms with Gasteiger partial charge in [-0.05, 0) is 37.5 Å². The number of amides is 1. The Morgan fingerprint density at radius 3 is 2.89 bits per heavy atom. The molecular formula is C21H19N5O. The summed E-state index contributed by atoms with van der Waals surface area (Å²) in [7, 11) is 0. The van der Waals surface area contributed by atoms with E-state index in [0.717, 1.165) is 42.4 Å². The van der Waals surface area contributed by atoms with Crippen molar-refractivity contribution in [3.8, 4) is 0 Å². The molecule has 1 fully saturated rings. The van der Waals surface area contributed by atoms with E-state index in [1.165, 1.54) is 0 Å². The number of aromatic nitrogens is 4. The summed E-state index contributed by atoms with van der Waals surface area (Å²) in [6.07, 6.45) is 8.55. The maximum absolute atomic E-state index is 13.3. The normalized spacial score (nSPS) is 17.5. The number of para-hydroxylation sites is 1. The molecule has 27 heavy (non-hydrogen) atoms. The summed E-state index contributed by atoms with van der Waals surface area (Å²) in [5, 5.41) is 1.04. The van der Waals surface area contributed by atoms with Gasteiger partial charge in [0.1, 0.15) is 5.69 Å². The maximum Gasteiger partial charge on any atom is 0.273 e. The zero-order chi connectivity index (χ0) is 18.2. The van der Waals surface area contributed by atoms with Crippen molar-refractivity contribution in [3.63, 3.8) is 0 Å². The van der Waals surface area contributed by atoms with Gasteiger partial charge in [0.2, 0.25) is 5.78 Å². The Bertz CT molecular complexity index is 1140. The van der Waals surface area contributed by atoms with Gasteiger partial charge in [0, 0.05) is 30.5 Å². The average molecular weight is 357 g/mol. The van der Waals surface area contributed by atoms with Crippen LogP contribution in [-0.2, 0) is 0 Å². The van der Waals surface area contributed by atoms with Crippen LogP contribution >= 0.6 is 0 Å². The minimum atomic E-state index is -0.0405. The molecule has 6 nitrogen and oxygen atoms in total. The second-order valence-corrected chi connectivity index (χ2v) is 6.89. The highest BCUT2D eigenvalue weighted by Crippen LogP contribution is 2.31. The van der Waals surface area contributed by atoms with E-state index in [1.54, 1.807) is 6.20 Å². The third-order valence-corrected chi connectivity index (χ3v) is 5.21. The van der Waals surface area contributed by atoms with Crippen molar-refractivity contribution in [2.75, 3.05) is 6.54 Å². The minimum Gasteiger partial charge on any atom is -0.329 e. The highest BCUT2D eigenvalue weighted by molar-refractivity contribution is 5.95. The molecule has 3 aromatic heterocycles. The second kappa shape index (κ2) is 6.46. The van der Waals surface area contributed by atoms with Crippen molar-refractivity contribution in [2.24, 2.45) is 0 Å². The SMILES string of the molecule is O=C(c1ccc2ccccc2n1)N1CCCC[C@@H]1c1ccn2ccnc2n1. The lowest BCUT2D eigenvalue weighted by Gasteiger charge is -2.35. The molecule has 0 aliphatic carbocycles. The van der Waals surface area contributed by atoms with E-state index in [4.69, 9.17) is 0 Å². The molecule has 4 heterocycles. The topological polar surface area (TPSA) is 63.4 Å². The van der Waals surface area contributed by atoms with Crippen molar-refractivity contribution in [1.29, 1.82) is 0 Å². The lowest BCUT2D eigenvalue weighted by Crippen LogP contribution is -2.39. The van der Waals surface area contributed by atoms with E-state index in [9.17, 15) is 4.79 Å². The second-order valence-electron chi connectivity index (χ2n) is 6.89. The number of pyridine rings is 1. The zero-order valence-corrected chi connectivity index (χ0v) is 14.8. The first-order valence-electron chi connectivity index (χ1n) is 9.26. The van der Waals surface area contributed by atoms with Crippen molar-refractivity contribution < 1.29 is 4.79 Å². The van der Waals surface area contributed by atoms with Gasteiger partial charge in [-0.2, -0.15) is 0 Å². The van der Waals surface area contributed by atoms with Gasteiger partial charge >= 0.3 is 0 Å².